The Morgan fingerprint density at radius 3 is 2.57 bits per heavy atom. The van der Waals surface area contributed by atoms with Crippen LogP contribution in [0.15, 0.2) is 35.3 Å². The van der Waals surface area contributed by atoms with Crippen LogP contribution >= 0.6 is 24.0 Å². The number of halogens is 1. The lowest BCUT2D eigenvalue weighted by molar-refractivity contribution is -0.00684. The van der Waals surface area contributed by atoms with Crippen molar-refractivity contribution in [2.75, 3.05) is 45.9 Å². The van der Waals surface area contributed by atoms with E-state index in [0.29, 0.717) is 12.1 Å². The summed E-state index contributed by atoms with van der Waals surface area (Å²) >= 11 is 0. The summed E-state index contributed by atoms with van der Waals surface area (Å²) in [5.74, 6) is 0.938. The van der Waals surface area contributed by atoms with Crippen LogP contribution in [-0.2, 0) is 11.3 Å². The minimum atomic E-state index is 0. The van der Waals surface area contributed by atoms with Gasteiger partial charge in [0.25, 0.3) is 0 Å². The molecule has 2 fully saturated rings. The molecule has 0 saturated carbocycles. The van der Waals surface area contributed by atoms with E-state index < -0.39 is 0 Å². The first-order chi connectivity index (χ1) is 14.0. The highest BCUT2D eigenvalue weighted by Gasteiger charge is 2.31. The van der Waals surface area contributed by atoms with Crippen molar-refractivity contribution in [1.29, 1.82) is 0 Å². The molecule has 2 heterocycles. The molecule has 2 unspecified atom stereocenters. The van der Waals surface area contributed by atoms with Crippen LogP contribution in [0.1, 0.15) is 39.7 Å². The van der Waals surface area contributed by atoms with Crippen LogP contribution in [0.25, 0.3) is 0 Å². The van der Waals surface area contributed by atoms with E-state index in [-0.39, 0.29) is 29.5 Å². The van der Waals surface area contributed by atoms with Gasteiger partial charge in [-0.1, -0.05) is 30.3 Å². The normalized spacial score (nSPS) is 23.8. The van der Waals surface area contributed by atoms with E-state index >= 15 is 0 Å². The molecule has 0 amide bonds. The van der Waals surface area contributed by atoms with Crippen molar-refractivity contribution < 1.29 is 4.74 Å². The van der Waals surface area contributed by atoms with Crippen LogP contribution < -0.4 is 10.6 Å². The summed E-state index contributed by atoms with van der Waals surface area (Å²) in [6.45, 7) is 16.4. The zero-order valence-corrected chi connectivity index (χ0v) is 21.4. The van der Waals surface area contributed by atoms with Crippen molar-refractivity contribution in [3.05, 3.63) is 35.9 Å². The third-order valence-corrected chi connectivity index (χ3v) is 6.11. The fourth-order valence-electron chi connectivity index (χ4n) is 4.30. The van der Waals surface area contributed by atoms with Gasteiger partial charge in [-0.15, -0.1) is 24.0 Å². The van der Waals surface area contributed by atoms with Gasteiger partial charge in [0, 0.05) is 50.3 Å². The van der Waals surface area contributed by atoms with E-state index in [1.54, 1.807) is 0 Å². The number of morpholine rings is 1. The number of rotatable bonds is 7. The average Bonchev–Trinajstić information content (AvgIpc) is 3.06. The van der Waals surface area contributed by atoms with Gasteiger partial charge in [0.1, 0.15) is 0 Å². The van der Waals surface area contributed by atoms with Crippen LogP contribution in [0.3, 0.4) is 0 Å². The highest BCUT2D eigenvalue weighted by atomic mass is 127. The summed E-state index contributed by atoms with van der Waals surface area (Å²) in [5, 5.41) is 7.13. The maximum Gasteiger partial charge on any atom is 0.191 e. The molecular formula is C23H40IN5O. The summed E-state index contributed by atoms with van der Waals surface area (Å²) in [4.78, 5) is 10.0. The van der Waals surface area contributed by atoms with Crippen molar-refractivity contribution in [2.24, 2.45) is 4.99 Å². The minimum absolute atomic E-state index is 0. The topological polar surface area (TPSA) is 52.1 Å². The molecule has 170 valence electrons. The van der Waals surface area contributed by atoms with Crippen molar-refractivity contribution in [3.8, 4) is 0 Å². The second-order valence-electron chi connectivity index (χ2n) is 8.95. The van der Waals surface area contributed by atoms with Crippen LogP contribution in [0.2, 0.25) is 0 Å². The number of benzene rings is 1. The first kappa shape index (κ1) is 25.4. The van der Waals surface area contributed by atoms with E-state index in [2.05, 4.69) is 78.5 Å². The Kier molecular flexibility index (Phi) is 10.3. The first-order valence-electron chi connectivity index (χ1n) is 11.1. The predicted octanol–water partition coefficient (Wildman–Crippen LogP) is 2.93. The second-order valence-corrected chi connectivity index (χ2v) is 8.95. The lowest BCUT2D eigenvalue weighted by Gasteiger charge is -2.40. The van der Waals surface area contributed by atoms with E-state index in [9.17, 15) is 0 Å². The van der Waals surface area contributed by atoms with Gasteiger partial charge >= 0.3 is 0 Å². The SMILES string of the molecule is CCNC(=NCC(C)(C)N1CCOCC1)NC1CC(C)N(Cc2ccccc2)C1.I. The fraction of sp³-hybridized carbons (Fsp3) is 0.696. The third kappa shape index (κ3) is 7.35. The number of ether oxygens (including phenoxy) is 1. The van der Waals surface area contributed by atoms with Gasteiger partial charge in [-0.05, 0) is 39.7 Å². The molecule has 30 heavy (non-hydrogen) atoms. The van der Waals surface area contributed by atoms with Crippen LogP contribution in [0.4, 0.5) is 0 Å². The second kappa shape index (κ2) is 12.2. The zero-order valence-electron chi connectivity index (χ0n) is 19.1. The van der Waals surface area contributed by atoms with Crippen LogP contribution in [-0.4, -0.2) is 79.3 Å². The maximum atomic E-state index is 5.50. The largest absolute Gasteiger partial charge is 0.379 e. The molecule has 1 aromatic rings. The highest BCUT2D eigenvalue weighted by molar-refractivity contribution is 14.0. The predicted molar refractivity (Wildman–Crippen MR) is 136 cm³/mol. The monoisotopic (exact) mass is 529 g/mol. The Bertz CT molecular complexity index is 648. The molecule has 0 bridgehead atoms. The lowest BCUT2D eigenvalue weighted by Crippen LogP contribution is -2.52. The summed E-state index contributed by atoms with van der Waals surface area (Å²) < 4.78 is 5.50. The Morgan fingerprint density at radius 2 is 1.90 bits per heavy atom. The molecule has 7 heteroatoms. The average molecular weight is 530 g/mol. The molecule has 0 spiro atoms. The number of nitrogens with one attached hydrogen (secondary N) is 2. The standard InChI is InChI=1S/C23H39N5O.HI/c1-5-24-22(25-18-23(3,4)28-11-13-29-14-12-28)26-21-15-19(2)27(17-21)16-20-9-7-6-8-10-20;/h6-10,19,21H,5,11-18H2,1-4H3,(H2,24,25,26);1H. The van der Waals surface area contributed by atoms with Crippen LogP contribution in [0.5, 0.6) is 0 Å². The van der Waals surface area contributed by atoms with Crippen molar-refractivity contribution in [1.82, 2.24) is 20.4 Å². The van der Waals surface area contributed by atoms with Gasteiger partial charge in [0.15, 0.2) is 5.96 Å². The molecular weight excluding hydrogens is 489 g/mol. The molecule has 2 saturated heterocycles. The number of likely N-dealkylation sites (tertiary alicyclic amines) is 1. The van der Waals surface area contributed by atoms with Gasteiger partial charge < -0.3 is 15.4 Å². The molecule has 2 aliphatic heterocycles. The molecule has 0 aromatic heterocycles. The van der Waals surface area contributed by atoms with Gasteiger partial charge in [-0.3, -0.25) is 14.8 Å². The molecule has 6 nitrogen and oxygen atoms in total. The first-order valence-corrected chi connectivity index (χ1v) is 11.1. The highest BCUT2D eigenvalue weighted by Crippen LogP contribution is 2.20. The summed E-state index contributed by atoms with van der Waals surface area (Å²) in [5.41, 5.74) is 1.42. The van der Waals surface area contributed by atoms with E-state index in [4.69, 9.17) is 9.73 Å². The number of nitrogens with zero attached hydrogens (tertiary/aromatic N) is 3. The number of aliphatic imine (C=N–C) groups is 1. The quantitative estimate of drug-likeness (QED) is 0.323. The number of guanidine groups is 1. The Labute approximate surface area is 199 Å². The van der Waals surface area contributed by atoms with Gasteiger partial charge in [-0.25, -0.2) is 0 Å². The lowest BCUT2D eigenvalue weighted by atomic mass is 10.0. The van der Waals surface area contributed by atoms with Gasteiger partial charge in [0.05, 0.1) is 19.8 Å². The van der Waals surface area contributed by atoms with E-state index in [0.717, 1.165) is 64.9 Å². The summed E-state index contributed by atoms with van der Waals surface area (Å²) in [6, 6.07) is 11.8. The van der Waals surface area contributed by atoms with E-state index in [1.165, 1.54) is 5.56 Å². The molecule has 3 rings (SSSR count). The Balaban J connectivity index is 0.00000320. The zero-order chi connectivity index (χ0) is 20.7. The molecule has 2 N–H and O–H groups in total. The number of hydrogen-bond donors (Lipinski definition) is 2. The Hall–Kier alpha value is -0.900. The van der Waals surface area contributed by atoms with Gasteiger partial charge in [0.2, 0.25) is 0 Å². The third-order valence-electron chi connectivity index (χ3n) is 6.11. The van der Waals surface area contributed by atoms with Crippen molar-refractivity contribution in [3.63, 3.8) is 0 Å². The smallest absolute Gasteiger partial charge is 0.191 e. The fourth-order valence-corrected chi connectivity index (χ4v) is 4.30. The molecule has 2 aliphatic rings. The summed E-state index contributed by atoms with van der Waals surface area (Å²) in [7, 11) is 0. The van der Waals surface area contributed by atoms with Gasteiger partial charge in [-0.2, -0.15) is 0 Å². The maximum absolute atomic E-state index is 5.50. The van der Waals surface area contributed by atoms with Crippen molar-refractivity contribution >= 4 is 29.9 Å². The summed E-state index contributed by atoms with van der Waals surface area (Å²) in [6.07, 6.45) is 1.14. The Morgan fingerprint density at radius 1 is 1.20 bits per heavy atom. The van der Waals surface area contributed by atoms with E-state index in [1.807, 2.05) is 0 Å². The molecule has 0 aliphatic carbocycles. The van der Waals surface area contributed by atoms with Crippen LogP contribution in [0, 0.1) is 0 Å². The molecule has 0 radical (unpaired) electrons. The number of hydrogen-bond acceptors (Lipinski definition) is 4. The van der Waals surface area contributed by atoms with Crippen molar-refractivity contribution in [2.45, 2.75) is 58.3 Å². The molecule has 2 atom stereocenters. The minimum Gasteiger partial charge on any atom is -0.379 e. The molecule has 1 aromatic carbocycles.